The minimum Gasteiger partial charge on any atom is -0.284 e. The van der Waals surface area contributed by atoms with E-state index in [0.29, 0.717) is 11.7 Å². The SMILES string of the molecule is CC[C@@H]1S/C(=N\N=C/c2ccc(C)cc2)N(Cc2ccccc2C)C1=O. The molecular formula is C21H23N3OS. The lowest BCUT2D eigenvalue weighted by Crippen LogP contribution is -2.31. The lowest BCUT2D eigenvalue weighted by Gasteiger charge is -2.17. The molecule has 0 unspecified atom stereocenters. The minimum atomic E-state index is -0.0765. The van der Waals surface area contributed by atoms with Crippen molar-refractivity contribution in [3.05, 3.63) is 70.8 Å². The highest BCUT2D eigenvalue weighted by Crippen LogP contribution is 2.31. The number of carbonyl (C=O) groups is 1. The van der Waals surface area contributed by atoms with Crippen LogP contribution < -0.4 is 0 Å². The van der Waals surface area contributed by atoms with Gasteiger partial charge in [0.1, 0.15) is 0 Å². The van der Waals surface area contributed by atoms with Gasteiger partial charge >= 0.3 is 0 Å². The van der Waals surface area contributed by atoms with Crippen LogP contribution in [0.1, 0.15) is 35.6 Å². The Hall–Kier alpha value is -2.40. The van der Waals surface area contributed by atoms with Crippen LogP contribution in [0.25, 0.3) is 0 Å². The van der Waals surface area contributed by atoms with Crippen LogP contribution in [-0.2, 0) is 11.3 Å². The van der Waals surface area contributed by atoms with Gasteiger partial charge in [-0.25, -0.2) is 0 Å². The van der Waals surface area contributed by atoms with E-state index < -0.39 is 0 Å². The number of aryl methyl sites for hydroxylation is 2. The van der Waals surface area contributed by atoms with Crippen LogP contribution in [0.3, 0.4) is 0 Å². The molecule has 26 heavy (non-hydrogen) atoms. The number of amides is 1. The number of nitrogens with zero attached hydrogens (tertiary/aromatic N) is 3. The van der Waals surface area contributed by atoms with Crippen LogP contribution in [0.4, 0.5) is 0 Å². The molecule has 0 saturated carbocycles. The van der Waals surface area contributed by atoms with Crippen LogP contribution in [0, 0.1) is 13.8 Å². The van der Waals surface area contributed by atoms with Crippen molar-refractivity contribution in [1.82, 2.24) is 4.90 Å². The molecule has 1 fully saturated rings. The summed E-state index contributed by atoms with van der Waals surface area (Å²) in [5.41, 5.74) is 4.51. The fourth-order valence-corrected chi connectivity index (χ4v) is 3.77. The highest BCUT2D eigenvalue weighted by molar-refractivity contribution is 8.15. The van der Waals surface area contributed by atoms with Crippen molar-refractivity contribution in [2.24, 2.45) is 10.2 Å². The largest absolute Gasteiger partial charge is 0.284 e. The van der Waals surface area contributed by atoms with Gasteiger partial charge in [-0.15, -0.1) is 5.10 Å². The zero-order valence-corrected chi connectivity index (χ0v) is 16.2. The summed E-state index contributed by atoms with van der Waals surface area (Å²) in [6.45, 7) is 6.68. The van der Waals surface area contributed by atoms with Crippen LogP contribution in [0.2, 0.25) is 0 Å². The van der Waals surface area contributed by atoms with Crippen molar-refractivity contribution in [3.63, 3.8) is 0 Å². The van der Waals surface area contributed by atoms with E-state index in [0.717, 1.165) is 17.5 Å². The van der Waals surface area contributed by atoms with Gasteiger partial charge in [-0.3, -0.25) is 9.69 Å². The Kier molecular flexibility index (Phi) is 5.89. The third-order valence-corrected chi connectivity index (χ3v) is 5.74. The van der Waals surface area contributed by atoms with Gasteiger partial charge in [0.2, 0.25) is 5.91 Å². The van der Waals surface area contributed by atoms with Gasteiger partial charge in [-0.2, -0.15) is 5.10 Å². The topological polar surface area (TPSA) is 45.0 Å². The Balaban J connectivity index is 1.81. The first-order chi connectivity index (χ1) is 12.6. The number of amidine groups is 1. The maximum absolute atomic E-state index is 12.7. The normalized spacial score (nSPS) is 19.0. The quantitative estimate of drug-likeness (QED) is 0.576. The van der Waals surface area contributed by atoms with Crippen LogP contribution >= 0.6 is 11.8 Å². The molecule has 0 radical (unpaired) electrons. The van der Waals surface area contributed by atoms with E-state index in [1.54, 1.807) is 11.1 Å². The molecule has 5 heteroatoms. The molecule has 1 amide bonds. The molecule has 0 spiro atoms. The zero-order valence-electron chi connectivity index (χ0n) is 15.3. The molecule has 2 aromatic carbocycles. The molecule has 4 nitrogen and oxygen atoms in total. The smallest absolute Gasteiger partial charge is 0.242 e. The molecule has 3 rings (SSSR count). The summed E-state index contributed by atoms with van der Waals surface area (Å²) in [6.07, 6.45) is 2.51. The number of thioether (sulfide) groups is 1. The van der Waals surface area contributed by atoms with E-state index in [9.17, 15) is 4.79 Å². The maximum atomic E-state index is 12.7. The van der Waals surface area contributed by atoms with Crippen molar-refractivity contribution in [1.29, 1.82) is 0 Å². The molecular weight excluding hydrogens is 342 g/mol. The molecule has 2 aromatic rings. The second-order valence-electron chi connectivity index (χ2n) is 6.40. The van der Waals surface area contributed by atoms with E-state index >= 15 is 0 Å². The summed E-state index contributed by atoms with van der Waals surface area (Å²) in [5.74, 6) is 0.116. The van der Waals surface area contributed by atoms with E-state index in [-0.39, 0.29) is 11.2 Å². The zero-order chi connectivity index (χ0) is 18.5. The third-order valence-electron chi connectivity index (χ3n) is 4.41. The lowest BCUT2D eigenvalue weighted by molar-refractivity contribution is -0.126. The number of benzene rings is 2. The molecule has 134 valence electrons. The summed E-state index contributed by atoms with van der Waals surface area (Å²) in [4.78, 5) is 14.5. The van der Waals surface area contributed by atoms with Crippen molar-refractivity contribution in [2.75, 3.05) is 0 Å². The molecule has 1 saturated heterocycles. The third kappa shape index (κ3) is 4.22. The number of carbonyl (C=O) groups excluding carboxylic acids is 1. The Morgan fingerprint density at radius 3 is 2.54 bits per heavy atom. The Morgan fingerprint density at radius 1 is 1.12 bits per heavy atom. The molecule has 1 aliphatic heterocycles. The van der Waals surface area contributed by atoms with Gasteiger partial charge in [0, 0.05) is 0 Å². The summed E-state index contributed by atoms with van der Waals surface area (Å²) in [6, 6.07) is 16.2. The molecule has 1 atom stereocenters. The monoisotopic (exact) mass is 365 g/mol. The standard InChI is InChI=1S/C21H23N3OS/c1-4-19-20(25)24(14-18-8-6-5-7-16(18)3)21(26-19)23-22-13-17-11-9-15(2)10-12-17/h5-13,19H,4,14H2,1-3H3/b22-13-,23-21-/t19-/m0/s1. The predicted molar refractivity (Wildman–Crippen MR) is 110 cm³/mol. The second kappa shape index (κ2) is 8.32. The molecule has 1 heterocycles. The Morgan fingerprint density at radius 2 is 1.85 bits per heavy atom. The Labute approximate surface area is 159 Å². The molecule has 0 bridgehead atoms. The van der Waals surface area contributed by atoms with Gasteiger partial charge in [0.05, 0.1) is 18.0 Å². The van der Waals surface area contributed by atoms with Gasteiger partial charge in [-0.1, -0.05) is 72.8 Å². The van der Waals surface area contributed by atoms with Gasteiger partial charge in [0.15, 0.2) is 5.17 Å². The van der Waals surface area contributed by atoms with Gasteiger partial charge in [-0.05, 0) is 37.0 Å². The van der Waals surface area contributed by atoms with E-state index in [1.807, 2.05) is 43.3 Å². The molecule has 1 aliphatic rings. The van der Waals surface area contributed by atoms with Crippen molar-refractivity contribution >= 4 is 29.1 Å². The molecule has 0 aliphatic carbocycles. The Bertz CT molecular complexity index is 843. The number of hydrogen-bond donors (Lipinski definition) is 0. The summed E-state index contributed by atoms with van der Waals surface area (Å²) in [7, 11) is 0. The lowest BCUT2D eigenvalue weighted by atomic mass is 10.1. The summed E-state index contributed by atoms with van der Waals surface area (Å²) < 4.78 is 0. The van der Waals surface area contributed by atoms with Crippen molar-refractivity contribution < 1.29 is 4.79 Å². The van der Waals surface area contributed by atoms with E-state index in [1.165, 1.54) is 22.9 Å². The average molecular weight is 366 g/mol. The summed E-state index contributed by atoms with van der Waals surface area (Å²) >= 11 is 1.50. The maximum Gasteiger partial charge on any atom is 0.242 e. The van der Waals surface area contributed by atoms with E-state index in [2.05, 4.69) is 36.2 Å². The fourth-order valence-electron chi connectivity index (χ4n) is 2.75. The minimum absolute atomic E-state index is 0.0765. The number of rotatable bonds is 5. The summed E-state index contributed by atoms with van der Waals surface area (Å²) in [5, 5.41) is 9.17. The first-order valence-corrected chi connectivity index (χ1v) is 9.66. The predicted octanol–water partition coefficient (Wildman–Crippen LogP) is 4.55. The average Bonchev–Trinajstić information content (AvgIpc) is 2.94. The highest BCUT2D eigenvalue weighted by Gasteiger charge is 2.37. The van der Waals surface area contributed by atoms with Crippen LogP contribution in [0.15, 0.2) is 58.7 Å². The van der Waals surface area contributed by atoms with Crippen molar-refractivity contribution in [3.8, 4) is 0 Å². The van der Waals surface area contributed by atoms with Gasteiger partial charge in [0.25, 0.3) is 0 Å². The fraction of sp³-hybridized carbons (Fsp3) is 0.286. The first-order valence-electron chi connectivity index (χ1n) is 8.78. The molecule has 0 aromatic heterocycles. The van der Waals surface area contributed by atoms with E-state index in [4.69, 9.17) is 0 Å². The van der Waals surface area contributed by atoms with Gasteiger partial charge < -0.3 is 0 Å². The highest BCUT2D eigenvalue weighted by atomic mass is 32.2. The number of hydrogen-bond acceptors (Lipinski definition) is 4. The molecule has 0 N–H and O–H groups in total. The van der Waals surface area contributed by atoms with Crippen molar-refractivity contribution in [2.45, 2.75) is 39.0 Å². The van der Waals surface area contributed by atoms with Crippen LogP contribution in [0.5, 0.6) is 0 Å². The second-order valence-corrected chi connectivity index (χ2v) is 7.57. The first kappa shape index (κ1) is 18.4. The van der Waals surface area contributed by atoms with Crippen LogP contribution in [-0.4, -0.2) is 27.4 Å².